The predicted molar refractivity (Wildman–Crippen MR) is 41.6 cm³/mol. The number of rotatable bonds is 5. The average molecular weight is 169 g/mol. The van der Waals surface area contributed by atoms with Crippen molar-refractivity contribution in [1.82, 2.24) is 0 Å². The van der Waals surface area contributed by atoms with E-state index in [2.05, 4.69) is 0 Å². The summed E-state index contributed by atoms with van der Waals surface area (Å²) in [5, 5.41) is 0. The Bertz CT molecular complexity index is 82.3. The van der Waals surface area contributed by atoms with Gasteiger partial charge in [-0.25, -0.2) is 8.78 Å². The number of alkyl halides is 2. The van der Waals surface area contributed by atoms with E-state index < -0.39 is 5.92 Å². The minimum atomic E-state index is -2.53. The van der Waals surface area contributed by atoms with Crippen molar-refractivity contribution in [2.45, 2.75) is 19.3 Å². The van der Waals surface area contributed by atoms with Gasteiger partial charge in [-0.1, -0.05) is 0 Å². The Labute approximate surface area is 64.4 Å². The molecule has 0 aromatic rings. The average Bonchev–Trinajstić information content (AvgIpc) is 1.78. The molecule has 62 valence electrons. The minimum absolute atomic E-state index is 0.0903. The summed E-state index contributed by atoms with van der Waals surface area (Å²) in [6, 6.07) is 0. The van der Waals surface area contributed by atoms with Gasteiger partial charge in [0.05, 0.1) is 5.75 Å². The van der Waals surface area contributed by atoms with Gasteiger partial charge in [0.1, 0.15) is 0 Å². The Morgan fingerprint density at radius 2 is 2.10 bits per heavy atom. The van der Waals surface area contributed by atoms with Crippen LogP contribution in [0, 0.1) is 0 Å². The normalized spacial score (nSPS) is 12.0. The summed E-state index contributed by atoms with van der Waals surface area (Å²) in [5.41, 5.74) is 5.18. The largest absolute Gasteiger partial charge is 0.330 e. The Morgan fingerprint density at radius 3 is 2.50 bits per heavy atom. The van der Waals surface area contributed by atoms with Crippen LogP contribution in [-0.4, -0.2) is 24.0 Å². The highest BCUT2D eigenvalue weighted by Crippen LogP contribution is 2.18. The third kappa shape index (κ3) is 8.17. The summed E-state index contributed by atoms with van der Waals surface area (Å²) in [5.74, 6) is -1.88. The molecule has 10 heavy (non-hydrogen) atoms. The summed E-state index contributed by atoms with van der Waals surface area (Å²) in [6.45, 7) is 1.52. The first-order valence-corrected chi connectivity index (χ1v) is 4.37. The van der Waals surface area contributed by atoms with Crippen LogP contribution in [0.25, 0.3) is 0 Å². The number of hydrogen-bond donors (Lipinski definition) is 1. The molecule has 0 aliphatic heterocycles. The van der Waals surface area contributed by atoms with Gasteiger partial charge in [-0.05, 0) is 18.7 Å². The fourth-order valence-electron chi connectivity index (χ4n) is 0.437. The van der Waals surface area contributed by atoms with Crippen molar-refractivity contribution in [3.8, 4) is 0 Å². The molecule has 0 atom stereocenters. The molecule has 0 aromatic carbocycles. The van der Waals surface area contributed by atoms with Crippen LogP contribution in [0.15, 0.2) is 0 Å². The molecular weight excluding hydrogens is 156 g/mol. The van der Waals surface area contributed by atoms with E-state index in [1.165, 1.54) is 11.8 Å². The van der Waals surface area contributed by atoms with Gasteiger partial charge in [0.25, 0.3) is 5.92 Å². The zero-order valence-corrected chi connectivity index (χ0v) is 6.89. The maximum Gasteiger partial charge on any atom is 0.254 e. The van der Waals surface area contributed by atoms with Gasteiger partial charge in [0.2, 0.25) is 0 Å². The fraction of sp³-hybridized carbons (Fsp3) is 1.00. The molecule has 0 amide bonds. The SMILES string of the molecule is CC(F)(F)CSCCCN. The van der Waals surface area contributed by atoms with Gasteiger partial charge >= 0.3 is 0 Å². The molecule has 2 N–H and O–H groups in total. The first-order valence-electron chi connectivity index (χ1n) is 3.22. The van der Waals surface area contributed by atoms with Crippen molar-refractivity contribution in [3.63, 3.8) is 0 Å². The van der Waals surface area contributed by atoms with Crippen LogP contribution in [0.2, 0.25) is 0 Å². The van der Waals surface area contributed by atoms with Crippen molar-refractivity contribution in [1.29, 1.82) is 0 Å². The maximum atomic E-state index is 12.1. The van der Waals surface area contributed by atoms with Crippen LogP contribution in [0.1, 0.15) is 13.3 Å². The fourth-order valence-corrected chi connectivity index (χ4v) is 1.31. The number of halogens is 2. The Kier molecular flexibility index (Phi) is 4.99. The van der Waals surface area contributed by atoms with Crippen molar-refractivity contribution in [3.05, 3.63) is 0 Å². The summed E-state index contributed by atoms with van der Waals surface area (Å²) < 4.78 is 24.2. The van der Waals surface area contributed by atoms with Gasteiger partial charge in [-0.3, -0.25) is 0 Å². The third-order valence-corrected chi connectivity index (χ3v) is 2.14. The minimum Gasteiger partial charge on any atom is -0.330 e. The van der Waals surface area contributed by atoms with E-state index in [0.717, 1.165) is 19.1 Å². The Morgan fingerprint density at radius 1 is 1.50 bits per heavy atom. The molecule has 0 spiro atoms. The zero-order valence-electron chi connectivity index (χ0n) is 6.07. The lowest BCUT2D eigenvalue weighted by Gasteiger charge is -2.07. The predicted octanol–water partition coefficient (Wildman–Crippen LogP) is 1.72. The second-order valence-electron chi connectivity index (χ2n) is 2.27. The number of hydrogen-bond acceptors (Lipinski definition) is 2. The molecular formula is C6H13F2NS. The van der Waals surface area contributed by atoms with Crippen LogP contribution >= 0.6 is 11.8 Å². The lowest BCUT2D eigenvalue weighted by molar-refractivity contribution is 0.0492. The van der Waals surface area contributed by atoms with E-state index in [1.54, 1.807) is 0 Å². The molecule has 0 aliphatic rings. The Balaban J connectivity index is 3.04. The third-order valence-electron chi connectivity index (χ3n) is 0.848. The molecule has 0 heterocycles. The number of thioether (sulfide) groups is 1. The molecule has 0 saturated carbocycles. The van der Waals surface area contributed by atoms with Crippen LogP contribution in [0.3, 0.4) is 0 Å². The van der Waals surface area contributed by atoms with E-state index in [9.17, 15) is 8.78 Å². The van der Waals surface area contributed by atoms with Gasteiger partial charge in [-0.2, -0.15) is 11.8 Å². The molecule has 0 aromatic heterocycles. The first-order chi connectivity index (χ1) is 4.56. The van der Waals surface area contributed by atoms with Gasteiger partial charge < -0.3 is 5.73 Å². The number of nitrogens with two attached hydrogens (primary N) is 1. The highest BCUT2D eigenvalue weighted by Gasteiger charge is 2.19. The van der Waals surface area contributed by atoms with Crippen LogP contribution in [-0.2, 0) is 0 Å². The molecule has 0 aliphatic carbocycles. The van der Waals surface area contributed by atoms with E-state index in [4.69, 9.17) is 5.73 Å². The lowest BCUT2D eigenvalue weighted by Crippen LogP contribution is -2.13. The second kappa shape index (κ2) is 4.91. The highest BCUT2D eigenvalue weighted by molar-refractivity contribution is 7.99. The van der Waals surface area contributed by atoms with Gasteiger partial charge in [-0.15, -0.1) is 0 Å². The highest BCUT2D eigenvalue weighted by atomic mass is 32.2. The maximum absolute atomic E-state index is 12.1. The quantitative estimate of drug-likeness (QED) is 0.634. The van der Waals surface area contributed by atoms with E-state index in [1.807, 2.05) is 0 Å². The molecule has 0 rings (SSSR count). The van der Waals surface area contributed by atoms with E-state index >= 15 is 0 Å². The molecule has 1 nitrogen and oxygen atoms in total. The zero-order chi connectivity index (χ0) is 8.04. The Hall–Kier alpha value is 0.170. The van der Waals surface area contributed by atoms with Crippen LogP contribution < -0.4 is 5.73 Å². The first kappa shape index (κ1) is 10.2. The van der Waals surface area contributed by atoms with Gasteiger partial charge in [0, 0.05) is 6.92 Å². The smallest absolute Gasteiger partial charge is 0.254 e. The van der Waals surface area contributed by atoms with Crippen molar-refractivity contribution >= 4 is 11.8 Å². The molecule has 0 saturated heterocycles. The van der Waals surface area contributed by atoms with Crippen molar-refractivity contribution in [2.75, 3.05) is 18.1 Å². The summed E-state index contributed by atoms with van der Waals surface area (Å²) in [7, 11) is 0. The standard InChI is InChI=1S/C6H13F2NS/c1-6(7,8)5-10-4-2-3-9/h2-5,9H2,1H3. The van der Waals surface area contributed by atoms with Crippen LogP contribution in [0.5, 0.6) is 0 Å². The summed E-state index contributed by atoms with van der Waals surface area (Å²) in [4.78, 5) is 0. The van der Waals surface area contributed by atoms with E-state index in [-0.39, 0.29) is 5.75 Å². The lowest BCUT2D eigenvalue weighted by atomic mass is 10.5. The van der Waals surface area contributed by atoms with E-state index in [0.29, 0.717) is 6.54 Å². The summed E-state index contributed by atoms with van der Waals surface area (Å²) in [6.07, 6.45) is 0.820. The van der Waals surface area contributed by atoms with Crippen LogP contribution in [0.4, 0.5) is 8.78 Å². The molecule has 4 heteroatoms. The molecule has 0 fully saturated rings. The van der Waals surface area contributed by atoms with Crippen molar-refractivity contribution < 1.29 is 8.78 Å². The second-order valence-corrected chi connectivity index (χ2v) is 3.37. The topological polar surface area (TPSA) is 26.0 Å². The van der Waals surface area contributed by atoms with Gasteiger partial charge in [0.15, 0.2) is 0 Å². The molecule has 0 unspecified atom stereocenters. The summed E-state index contributed by atoms with van der Waals surface area (Å²) >= 11 is 1.25. The molecule has 0 radical (unpaired) electrons. The molecule has 0 bridgehead atoms. The monoisotopic (exact) mass is 169 g/mol. The van der Waals surface area contributed by atoms with Crippen molar-refractivity contribution in [2.24, 2.45) is 5.73 Å².